The summed E-state index contributed by atoms with van der Waals surface area (Å²) in [5, 5.41) is 14.1. The standard InChI is InChI=1S/C27H28N6O3/c28-24-23-25-32-26(31-24)36-11-3-1-2-4-20-12-18(14-33(25)27(34)30-23)7-10-22(20)19-8-5-17(6-9-19)13-29-21-15-35-16-21/h1-2,5-10,12,21,29H,3-4,11,13-16H2,(H,30,34)(H2,28,31,32)/b2-1-. The second-order valence-electron chi connectivity index (χ2n) is 9.18. The van der Waals surface area contributed by atoms with Crippen molar-refractivity contribution in [2.24, 2.45) is 0 Å². The molecule has 1 saturated heterocycles. The largest absolute Gasteiger partial charge is 0.480 e. The minimum absolute atomic E-state index is 0.154. The van der Waals surface area contributed by atoms with E-state index in [4.69, 9.17) is 15.2 Å². The summed E-state index contributed by atoms with van der Waals surface area (Å²) in [6.07, 6.45) is 5.77. The van der Waals surface area contributed by atoms with Crippen LogP contribution >= 0.6 is 0 Å². The minimum atomic E-state index is -0.154. The van der Waals surface area contributed by atoms with Crippen molar-refractivity contribution in [1.29, 1.82) is 0 Å². The number of imidazole rings is 1. The Bertz CT molecular complexity index is 1430. The molecule has 0 atom stereocenters. The second-order valence-corrected chi connectivity index (χ2v) is 9.18. The molecule has 4 heterocycles. The lowest BCUT2D eigenvalue weighted by molar-refractivity contribution is -0.00578. The van der Waals surface area contributed by atoms with E-state index in [9.17, 15) is 5.11 Å². The number of hydrogen-bond donors (Lipinski definition) is 3. The van der Waals surface area contributed by atoms with Crippen LogP contribution < -0.4 is 15.8 Å². The van der Waals surface area contributed by atoms with Crippen LogP contribution in [0.2, 0.25) is 0 Å². The third kappa shape index (κ3) is 4.50. The Kier molecular flexibility index (Phi) is 6.00. The number of nitrogens with zero attached hydrogens (tertiary/aromatic N) is 4. The van der Waals surface area contributed by atoms with Gasteiger partial charge >= 0.3 is 6.01 Å². The maximum atomic E-state index is 10.5. The average Bonchev–Trinajstić information content (AvgIpc) is 3.16. The van der Waals surface area contributed by atoms with E-state index in [0.29, 0.717) is 36.8 Å². The van der Waals surface area contributed by atoms with Crippen LogP contribution in [0.4, 0.5) is 5.82 Å². The first-order valence-corrected chi connectivity index (χ1v) is 12.2. The van der Waals surface area contributed by atoms with Crippen LogP contribution in [0.15, 0.2) is 54.6 Å². The molecule has 2 aromatic carbocycles. The van der Waals surface area contributed by atoms with Gasteiger partial charge in [0.05, 0.1) is 32.4 Å². The zero-order valence-electron chi connectivity index (χ0n) is 19.9. The number of rotatable bonds is 4. The molecular weight excluding hydrogens is 456 g/mol. The van der Waals surface area contributed by atoms with Gasteiger partial charge < -0.3 is 25.6 Å². The molecule has 0 radical (unpaired) electrons. The van der Waals surface area contributed by atoms with Gasteiger partial charge in [0.2, 0.25) is 0 Å². The highest BCUT2D eigenvalue weighted by Gasteiger charge is 2.19. The van der Waals surface area contributed by atoms with Crippen molar-refractivity contribution < 1.29 is 14.6 Å². The van der Waals surface area contributed by atoms with Gasteiger partial charge in [-0.25, -0.2) is 0 Å². The summed E-state index contributed by atoms with van der Waals surface area (Å²) in [4.78, 5) is 12.8. The molecule has 9 nitrogen and oxygen atoms in total. The van der Waals surface area contributed by atoms with E-state index < -0.39 is 0 Å². The highest BCUT2D eigenvalue weighted by atomic mass is 16.5. The molecule has 184 valence electrons. The Morgan fingerprint density at radius 3 is 2.72 bits per heavy atom. The smallest absolute Gasteiger partial charge is 0.320 e. The normalized spacial score (nSPS) is 16.9. The molecule has 0 spiro atoms. The quantitative estimate of drug-likeness (QED) is 0.378. The van der Waals surface area contributed by atoms with Gasteiger partial charge in [0.15, 0.2) is 17.0 Å². The molecule has 2 aliphatic rings. The van der Waals surface area contributed by atoms with Crippen molar-refractivity contribution in [3.05, 3.63) is 71.3 Å². The Balaban J connectivity index is 1.33. The third-order valence-corrected chi connectivity index (χ3v) is 6.61. The molecule has 0 amide bonds. The molecule has 4 bridgehead atoms. The van der Waals surface area contributed by atoms with E-state index in [1.165, 1.54) is 22.3 Å². The number of hydrogen-bond acceptors (Lipinski definition) is 8. The highest BCUT2D eigenvalue weighted by molar-refractivity contribution is 5.83. The van der Waals surface area contributed by atoms with Gasteiger partial charge in [-0.05, 0) is 40.7 Å². The first-order valence-electron chi connectivity index (χ1n) is 12.2. The van der Waals surface area contributed by atoms with E-state index >= 15 is 0 Å². The average molecular weight is 485 g/mol. The molecule has 4 aromatic rings. The van der Waals surface area contributed by atoms with Crippen molar-refractivity contribution in [3.8, 4) is 23.1 Å². The van der Waals surface area contributed by atoms with Crippen LogP contribution in [0.1, 0.15) is 23.1 Å². The fourth-order valence-electron chi connectivity index (χ4n) is 4.54. The number of aromatic hydroxyl groups is 1. The number of allylic oxidation sites excluding steroid dienone is 1. The number of anilines is 1. The number of nitrogens with two attached hydrogens (primary N) is 1. The van der Waals surface area contributed by atoms with Gasteiger partial charge in [0.1, 0.15) is 0 Å². The first kappa shape index (κ1) is 22.5. The van der Waals surface area contributed by atoms with Gasteiger partial charge in [-0.3, -0.25) is 4.57 Å². The number of nitrogens with one attached hydrogen (secondary N) is 1. The molecule has 2 aromatic heterocycles. The minimum Gasteiger partial charge on any atom is -0.480 e. The van der Waals surface area contributed by atoms with E-state index in [2.05, 4.69) is 74.9 Å². The van der Waals surface area contributed by atoms with Gasteiger partial charge in [-0.15, -0.1) is 0 Å². The van der Waals surface area contributed by atoms with Crippen LogP contribution in [0, 0.1) is 0 Å². The fraction of sp³-hybridized carbons (Fsp3) is 0.296. The monoisotopic (exact) mass is 484 g/mol. The molecule has 9 heteroatoms. The molecule has 36 heavy (non-hydrogen) atoms. The summed E-state index contributed by atoms with van der Waals surface area (Å²) in [5.74, 6) is 0.183. The summed E-state index contributed by atoms with van der Waals surface area (Å²) in [5.41, 5.74) is 12.7. The SMILES string of the molecule is Nc1nc2nc3c1nc(O)n3Cc1ccc(-c3ccc(CNC4COC4)cc3)c(c1)C/C=C\CCO2. The molecule has 2 aliphatic heterocycles. The predicted molar refractivity (Wildman–Crippen MR) is 137 cm³/mol. The van der Waals surface area contributed by atoms with Gasteiger partial charge in [0.25, 0.3) is 6.01 Å². The Morgan fingerprint density at radius 1 is 1.06 bits per heavy atom. The second kappa shape index (κ2) is 9.60. The Morgan fingerprint density at radius 2 is 1.92 bits per heavy atom. The molecule has 0 saturated carbocycles. The van der Waals surface area contributed by atoms with E-state index in [-0.39, 0.29) is 17.8 Å². The summed E-state index contributed by atoms with van der Waals surface area (Å²) in [6.45, 7) is 3.24. The number of benzene rings is 2. The topological polar surface area (TPSA) is 120 Å². The highest BCUT2D eigenvalue weighted by Crippen LogP contribution is 2.29. The Labute approximate surface area is 208 Å². The van der Waals surface area contributed by atoms with Crippen LogP contribution in [-0.4, -0.2) is 50.5 Å². The van der Waals surface area contributed by atoms with Crippen molar-refractivity contribution >= 4 is 17.0 Å². The lowest BCUT2D eigenvalue weighted by Crippen LogP contribution is -2.45. The molecule has 0 unspecified atom stereocenters. The zero-order valence-corrected chi connectivity index (χ0v) is 19.9. The number of aromatic nitrogens is 4. The third-order valence-electron chi connectivity index (χ3n) is 6.61. The van der Waals surface area contributed by atoms with Crippen LogP contribution in [0.5, 0.6) is 12.0 Å². The van der Waals surface area contributed by atoms with Gasteiger partial charge in [-0.2, -0.15) is 15.0 Å². The van der Waals surface area contributed by atoms with Crippen molar-refractivity contribution in [3.63, 3.8) is 0 Å². The molecular formula is C27H28N6O3. The van der Waals surface area contributed by atoms with E-state index in [0.717, 1.165) is 31.7 Å². The number of nitrogen functional groups attached to an aromatic ring is 1. The van der Waals surface area contributed by atoms with Crippen LogP contribution in [0.25, 0.3) is 22.3 Å². The molecule has 4 N–H and O–H groups in total. The number of ether oxygens (including phenoxy) is 2. The van der Waals surface area contributed by atoms with Crippen molar-refractivity contribution in [2.45, 2.75) is 32.0 Å². The van der Waals surface area contributed by atoms with Gasteiger partial charge in [0, 0.05) is 6.54 Å². The Hall–Kier alpha value is -3.95. The fourth-order valence-corrected chi connectivity index (χ4v) is 4.54. The summed E-state index contributed by atoms with van der Waals surface area (Å²) in [7, 11) is 0. The zero-order chi connectivity index (χ0) is 24.5. The summed E-state index contributed by atoms with van der Waals surface area (Å²) >= 11 is 0. The predicted octanol–water partition coefficient (Wildman–Crippen LogP) is 3.20. The molecule has 0 aliphatic carbocycles. The van der Waals surface area contributed by atoms with E-state index in [1.54, 1.807) is 4.57 Å². The summed E-state index contributed by atoms with van der Waals surface area (Å²) < 4.78 is 12.6. The van der Waals surface area contributed by atoms with Crippen molar-refractivity contribution in [1.82, 2.24) is 24.8 Å². The van der Waals surface area contributed by atoms with Gasteiger partial charge in [-0.1, -0.05) is 54.6 Å². The maximum absolute atomic E-state index is 10.5. The lowest BCUT2D eigenvalue weighted by Gasteiger charge is -2.27. The van der Waals surface area contributed by atoms with E-state index in [1.807, 2.05) is 0 Å². The maximum Gasteiger partial charge on any atom is 0.320 e. The molecule has 6 rings (SSSR count). The van der Waals surface area contributed by atoms with Crippen LogP contribution in [-0.2, 0) is 24.2 Å². The number of fused-ring (bicyclic) bond motifs is 3. The molecule has 1 fully saturated rings. The lowest BCUT2D eigenvalue weighted by atomic mass is 9.94. The van der Waals surface area contributed by atoms with Crippen molar-refractivity contribution in [2.75, 3.05) is 25.6 Å². The first-order chi connectivity index (χ1) is 17.6. The summed E-state index contributed by atoms with van der Waals surface area (Å²) in [6, 6.07) is 15.6. The van der Waals surface area contributed by atoms with Crippen LogP contribution in [0.3, 0.4) is 0 Å².